The zero-order valence-corrected chi connectivity index (χ0v) is 23.0. The molecule has 0 aliphatic heterocycles. The summed E-state index contributed by atoms with van der Waals surface area (Å²) in [5.41, 5.74) is 2.94. The second-order valence-corrected chi connectivity index (χ2v) is 11.1. The van der Waals surface area contributed by atoms with Crippen LogP contribution in [-0.2, 0) is 26.2 Å². The Bertz CT molecular complexity index is 1350. The number of nitrogens with one attached hydrogen (secondary N) is 1. The second kappa shape index (κ2) is 12.3. The van der Waals surface area contributed by atoms with E-state index in [1.807, 2.05) is 45.0 Å². The van der Waals surface area contributed by atoms with E-state index < -0.39 is 28.5 Å². The van der Waals surface area contributed by atoms with Crippen LogP contribution in [0.1, 0.15) is 30.0 Å². The maximum absolute atomic E-state index is 13.9. The predicted molar refractivity (Wildman–Crippen MR) is 147 cm³/mol. The summed E-state index contributed by atoms with van der Waals surface area (Å²) in [4.78, 5) is 28.1. The highest BCUT2D eigenvalue weighted by molar-refractivity contribution is 7.92. The van der Waals surface area contributed by atoms with E-state index in [0.29, 0.717) is 11.4 Å². The molecule has 3 rings (SSSR count). The highest BCUT2D eigenvalue weighted by Crippen LogP contribution is 2.28. The summed E-state index contributed by atoms with van der Waals surface area (Å²) in [6, 6.07) is 19.6. The van der Waals surface area contributed by atoms with E-state index in [2.05, 4.69) is 5.32 Å². The van der Waals surface area contributed by atoms with Gasteiger partial charge in [-0.1, -0.05) is 72.6 Å². The summed E-state index contributed by atoms with van der Waals surface area (Å²) in [6.07, 6.45) is 0.360. The topological polar surface area (TPSA) is 86.8 Å². The van der Waals surface area contributed by atoms with Crippen LogP contribution in [0.5, 0.6) is 0 Å². The van der Waals surface area contributed by atoms with Gasteiger partial charge < -0.3 is 10.2 Å². The first kappa shape index (κ1) is 28.2. The second-order valence-electron chi connectivity index (χ2n) is 8.80. The molecule has 1 N–H and O–H groups in total. The molecule has 0 aromatic heterocycles. The number of anilines is 1. The fourth-order valence-electron chi connectivity index (χ4n) is 3.96. The van der Waals surface area contributed by atoms with Gasteiger partial charge in [0.05, 0.1) is 10.6 Å². The van der Waals surface area contributed by atoms with Gasteiger partial charge in [0.1, 0.15) is 12.6 Å². The van der Waals surface area contributed by atoms with Crippen molar-refractivity contribution in [3.05, 3.63) is 94.5 Å². The number of rotatable bonds is 10. The highest BCUT2D eigenvalue weighted by atomic mass is 35.5. The van der Waals surface area contributed by atoms with Crippen molar-refractivity contribution in [2.45, 2.75) is 44.7 Å². The van der Waals surface area contributed by atoms with E-state index >= 15 is 0 Å². The number of nitrogens with zero attached hydrogens (tertiary/aromatic N) is 2. The summed E-state index contributed by atoms with van der Waals surface area (Å²) in [6.45, 7) is 5.24. The molecule has 0 radical (unpaired) electrons. The number of likely N-dealkylation sites (N-methyl/N-ethyl adjacent to an activating group) is 1. The van der Waals surface area contributed by atoms with E-state index in [4.69, 9.17) is 11.6 Å². The molecule has 0 aliphatic carbocycles. The monoisotopic (exact) mass is 541 g/mol. The number of sulfonamides is 1. The molecule has 1 atom stereocenters. The molecule has 0 aliphatic rings. The van der Waals surface area contributed by atoms with Crippen molar-refractivity contribution in [2.75, 3.05) is 17.9 Å². The predicted octanol–water partition coefficient (Wildman–Crippen LogP) is 4.71. The Morgan fingerprint density at radius 3 is 2.19 bits per heavy atom. The molecule has 0 saturated heterocycles. The average molecular weight is 542 g/mol. The number of carbonyl (C=O) groups is 2. The van der Waals surface area contributed by atoms with Gasteiger partial charge in [0.25, 0.3) is 10.0 Å². The first-order valence-corrected chi connectivity index (χ1v) is 13.8. The van der Waals surface area contributed by atoms with Crippen molar-refractivity contribution in [1.29, 1.82) is 0 Å². The number of hydrogen-bond acceptors (Lipinski definition) is 4. The summed E-state index contributed by atoms with van der Waals surface area (Å²) >= 11 is 6.34. The lowest BCUT2D eigenvalue weighted by molar-refractivity contribution is -0.140. The van der Waals surface area contributed by atoms with Crippen LogP contribution in [0.15, 0.2) is 77.7 Å². The molecule has 0 spiro atoms. The average Bonchev–Trinajstić information content (AvgIpc) is 2.90. The van der Waals surface area contributed by atoms with Crippen LogP contribution in [0, 0.1) is 13.8 Å². The van der Waals surface area contributed by atoms with E-state index in [1.54, 1.807) is 30.3 Å². The van der Waals surface area contributed by atoms with Crippen molar-refractivity contribution in [3.8, 4) is 0 Å². The molecule has 3 aromatic carbocycles. The number of carbonyl (C=O) groups excluding carboxylic acids is 2. The van der Waals surface area contributed by atoms with Gasteiger partial charge in [-0.25, -0.2) is 8.42 Å². The Labute approximate surface area is 224 Å². The van der Waals surface area contributed by atoms with Gasteiger partial charge >= 0.3 is 0 Å². The molecular weight excluding hydrogens is 510 g/mol. The van der Waals surface area contributed by atoms with Gasteiger partial charge in [0.15, 0.2) is 0 Å². The van der Waals surface area contributed by atoms with Gasteiger partial charge in [0, 0.05) is 18.6 Å². The Kier molecular flexibility index (Phi) is 9.34. The molecule has 37 heavy (non-hydrogen) atoms. The van der Waals surface area contributed by atoms with Crippen LogP contribution in [-0.4, -0.2) is 44.8 Å². The molecule has 9 heteroatoms. The van der Waals surface area contributed by atoms with Gasteiger partial charge in [-0.2, -0.15) is 0 Å². The van der Waals surface area contributed by atoms with Crippen molar-refractivity contribution in [3.63, 3.8) is 0 Å². The Balaban J connectivity index is 2.06. The first-order chi connectivity index (χ1) is 17.6. The maximum atomic E-state index is 13.9. The fourth-order valence-corrected chi connectivity index (χ4v) is 5.56. The third-order valence-electron chi connectivity index (χ3n) is 6.16. The molecule has 2 amide bonds. The molecule has 196 valence electrons. The minimum absolute atomic E-state index is 0.0444. The molecule has 0 heterocycles. The number of benzene rings is 3. The Morgan fingerprint density at radius 1 is 0.973 bits per heavy atom. The normalized spacial score (nSPS) is 12.0. The third-order valence-corrected chi connectivity index (χ3v) is 8.35. The highest BCUT2D eigenvalue weighted by Gasteiger charge is 2.33. The van der Waals surface area contributed by atoms with E-state index in [-0.39, 0.29) is 23.0 Å². The third kappa shape index (κ3) is 6.70. The van der Waals surface area contributed by atoms with E-state index in [0.717, 1.165) is 21.0 Å². The number of amides is 2. The summed E-state index contributed by atoms with van der Waals surface area (Å²) in [7, 11) is -2.61. The minimum Gasteiger partial charge on any atom is -0.357 e. The van der Waals surface area contributed by atoms with Gasteiger partial charge in [0.2, 0.25) is 11.8 Å². The molecule has 0 saturated carbocycles. The summed E-state index contributed by atoms with van der Waals surface area (Å²) in [5, 5.41) is 3.00. The molecule has 7 nitrogen and oxygen atoms in total. The SMILES string of the molecule is CC[C@@H](C(=O)NC)N(Cc1ccc(C)cc1)C(=O)CN(c1ccc(C)c(Cl)c1)S(=O)(=O)c1ccccc1. The Morgan fingerprint density at radius 2 is 1.62 bits per heavy atom. The van der Waals surface area contributed by atoms with Crippen molar-refractivity contribution < 1.29 is 18.0 Å². The van der Waals surface area contributed by atoms with Crippen molar-refractivity contribution in [1.82, 2.24) is 10.2 Å². The quantitative estimate of drug-likeness (QED) is 0.403. The lowest BCUT2D eigenvalue weighted by atomic mass is 10.1. The van der Waals surface area contributed by atoms with Crippen LogP contribution in [0.4, 0.5) is 5.69 Å². The van der Waals surface area contributed by atoms with Crippen molar-refractivity contribution >= 4 is 39.1 Å². The molecule has 3 aromatic rings. The van der Waals surface area contributed by atoms with Crippen LogP contribution >= 0.6 is 11.6 Å². The van der Waals surface area contributed by atoms with Crippen LogP contribution in [0.25, 0.3) is 0 Å². The number of halogens is 1. The van der Waals surface area contributed by atoms with Gasteiger partial charge in [-0.15, -0.1) is 0 Å². The van der Waals surface area contributed by atoms with Crippen LogP contribution < -0.4 is 9.62 Å². The lowest BCUT2D eigenvalue weighted by Gasteiger charge is -2.33. The number of aryl methyl sites for hydroxylation is 2. The number of hydrogen-bond donors (Lipinski definition) is 1. The first-order valence-electron chi connectivity index (χ1n) is 12.0. The summed E-state index contributed by atoms with van der Waals surface area (Å²) < 4.78 is 28.5. The van der Waals surface area contributed by atoms with Crippen molar-refractivity contribution in [2.24, 2.45) is 0 Å². The molecular formula is C28H32ClN3O4S. The minimum atomic E-state index is -4.12. The van der Waals surface area contributed by atoms with Crippen LogP contribution in [0.3, 0.4) is 0 Å². The standard InChI is InChI=1S/C28H32ClN3O4S/c1-5-26(28(34)30-4)31(18-22-14-11-20(2)12-15-22)27(33)19-32(23-16-13-21(3)25(29)17-23)37(35,36)24-9-7-6-8-10-24/h6-17,26H,5,18-19H2,1-4H3,(H,30,34)/t26-/m0/s1. The molecule has 0 bridgehead atoms. The summed E-state index contributed by atoms with van der Waals surface area (Å²) in [5.74, 6) is -0.828. The lowest BCUT2D eigenvalue weighted by Crippen LogP contribution is -2.51. The van der Waals surface area contributed by atoms with Gasteiger partial charge in [-0.3, -0.25) is 13.9 Å². The molecule has 0 unspecified atom stereocenters. The Hall–Kier alpha value is -3.36. The van der Waals surface area contributed by atoms with Crippen LogP contribution in [0.2, 0.25) is 5.02 Å². The fraction of sp³-hybridized carbons (Fsp3) is 0.286. The maximum Gasteiger partial charge on any atom is 0.264 e. The zero-order valence-electron chi connectivity index (χ0n) is 21.4. The van der Waals surface area contributed by atoms with E-state index in [9.17, 15) is 18.0 Å². The smallest absolute Gasteiger partial charge is 0.264 e. The molecule has 0 fully saturated rings. The van der Waals surface area contributed by atoms with Gasteiger partial charge in [-0.05, 0) is 55.7 Å². The zero-order chi connectivity index (χ0) is 27.2. The largest absolute Gasteiger partial charge is 0.357 e. The van der Waals surface area contributed by atoms with E-state index in [1.165, 1.54) is 30.1 Å².